The molecular weight excluding hydrogens is 422 g/mol. The van der Waals surface area contributed by atoms with Crippen LogP contribution in [0, 0.1) is 0 Å². The Morgan fingerprint density at radius 2 is 1.79 bits per heavy atom. The molecule has 1 atom stereocenters. The third-order valence-corrected chi connectivity index (χ3v) is 5.94. The van der Waals surface area contributed by atoms with Gasteiger partial charge in [0.15, 0.2) is 23.0 Å². The summed E-state index contributed by atoms with van der Waals surface area (Å²) >= 11 is 0. The first-order valence-electron chi connectivity index (χ1n) is 11.2. The second-order valence-electron chi connectivity index (χ2n) is 8.60. The molecule has 0 saturated carbocycles. The van der Waals surface area contributed by atoms with Crippen molar-refractivity contribution >= 4 is 5.78 Å². The van der Waals surface area contributed by atoms with Crippen LogP contribution in [-0.2, 0) is 17.6 Å². The molecule has 1 heterocycles. The van der Waals surface area contributed by atoms with E-state index < -0.39 is 0 Å². The Kier molecular flexibility index (Phi) is 8.44. The predicted molar refractivity (Wildman–Crippen MR) is 127 cm³/mol. The predicted octanol–water partition coefficient (Wildman–Crippen LogP) is 4.24. The van der Waals surface area contributed by atoms with Crippen LogP contribution in [0.25, 0.3) is 0 Å². The largest absolute Gasteiger partial charge is 0.493 e. The molecule has 33 heavy (non-hydrogen) atoms. The maximum Gasteiger partial charge on any atom is 0.231 e. The van der Waals surface area contributed by atoms with Crippen LogP contribution >= 0.6 is 0 Å². The normalized spacial score (nSPS) is 13.2. The molecule has 1 aliphatic rings. The number of hydrogen-bond donors (Lipinski definition) is 0. The van der Waals surface area contributed by atoms with Crippen LogP contribution < -0.4 is 23.7 Å². The number of nitrogens with zero attached hydrogens (tertiary/aromatic N) is 1. The summed E-state index contributed by atoms with van der Waals surface area (Å²) in [7, 11) is 8.96. The highest BCUT2D eigenvalue weighted by Crippen LogP contribution is 2.48. The van der Waals surface area contributed by atoms with Crippen molar-refractivity contribution in [3.8, 4) is 28.7 Å². The van der Waals surface area contributed by atoms with Crippen molar-refractivity contribution in [2.75, 3.05) is 48.8 Å². The van der Waals surface area contributed by atoms with Gasteiger partial charge >= 0.3 is 0 Å². The number of benzene rings is 2. The number of Topliss-reactive ketones (excluding diaryl/α,β-unsaturated/α-hetero) is 1. The lowest BCUT2D eigenvalue weighted by molar-refractivity contribution is -0.119. The molecule has 0 aromatic heterocycles. The fourth-order valence-corrected chi connectivity index (χ4v) is 4.24. The Hall–Kier alpha value is -2.93. The minimum atomic E-state index is -0.00971. The SMILES string of the molecule is COc1ccc(CCC(=O)CC(C)c2c(CCN(C)C)cc3c(c2OC)OCO3)cc1OC. The van der Waals surface area contributed by atoms with E-state index in [0.717, 1.165) is 29.7 Å². The maximum absolute atomic E-state index is 12.9. The summed E-state index contributed by atoms with van der Waals surface area (Å²) in [5.74, 6) is 3.56. The molecule has 0 saturated heterocycles. The molecule has 0 aliphatic carbocycles. The summed E-state index contributed by atoms with van der Waals surface area (Å²) in [6.45, 7) is 3.14. The van der Waals surface area contributed by atoms with E-state index in [1.165, 1.54) is 0 Å². The van der Waals surface area contributed by atoms with Gasteiger partial charge in [0, 0.05) is 24.9 Å². The topological polar surface area (TPSA) is 66.5 Å². The Balaban J connectivity index is 1.74. The minimum absolute atomic E-state index is 0.00971. The number of ether oxygens (including phenoxy) is 5. The highest BCUT2D eigenvalue weighted by Gasteiger charge is 2.28. The van der Waals surface area contributed by atoms with Gasteiger partial charge in [-0.1, -0.05) is 13.0 Å². The summed E-state index contributed by atoms with van der Waals surface area (Å²) < 4.78 is 27.7. The zero-order valence-corrected chi connectivity index (χ0v) is 20.5. The molecular formula is C26H35NO6. The monoisotopic (exact) mass is 457 g/mol. The second kappa shape index (κ2) is 11.3. The molecule has 0 spiro atoms. The van der Waals surface area contributed by atoms with Gasteiger partial charge in [0.05, 0.1) is 21.3 Å². The molecule has 0 radical (unpaired) electrons. The average molecular weight is 458 g/mol. The Bertz CT molecular complexity index is 972. The van der Waals surface area contributed by atoms with Crippen LogP contribution in [0.5, 0.6) is 28.7 Å². The first kappa shape index (κ1) is 24.7. The number of likely N-dealkylation sites (N-methyl/N-ethyl adjacent to an activating group) is 1. The quantitative estimate of drug-likeness (QED) is 0.472. The van der Waals surface area contributed by atoms with Crippen molar-refractivity contribution in [3.05, 3.63) is 41.0 Å². The third-order valence-electron chi connectivity index (χ3n) is 5.94. The molecule has 0 bridgehead atoms. The minimum Gasteiger partial charge on any atom is -0.493 e. The standard InChI is InChI=1S/C26H35NO6/c1-17(13-20(28)9-7-18-8-10-21(29-4)22(14-18)30-5)24-19(11-12-27(2)3)15-23-25(26(24)31-6)33-16-32-23/h8,10,14-15,17H,7,9,11-13,16H2,1-6H3. The van der Waals surface area contributed by atoms with Crippen LogP contribution in [0.3, 0.4) is 0 Å². The number of methoxy groups -OCH3 is 3. The highest BCUT2D eigenvalue weighted by atomic mass is 16.7. The van der Waals surface area contributed by atoms with E-state index >= 15 is 0 Å². The van der Waals surface area contributed by atoms with E-state index in [2.05, 4.69) is 11.8 Å². The zero-order chi connectivity index (χ0) is 24.0. The summed E-state index contributed by atoms with van der Waals surface area (Å²) in [5.41, 5.74) is 3.20. The van der Waals surface area contributed by atoms with Gasteiger partial charge in [0.2, 0.25) is 12.5 Å². The maximum atomic E-state index is 12.9. The van der Waals surface area contributed by atoms with Gasteiger partial charge in [0.1, 0.15) is 5.78 Å². The number of fused-ring (bicyclic) bond motifs is 1. The molecule has 3 rings (SSSR count). The van der Waals surface area contributed by atoms with Gasteiger partial charge in [-0.15, -0.1) is 0 Å². The second-order valence-corrected chi connectivity index (χ2v) is 8.60. The molecule has 1 aliphatic heterocycles. The number of hydrogen-bond acceptors (Lipinski definition) is 7. The molecule has 1 unspecified atom stereocenters. The number of carbonyl (C=O) groups excluding carboxylic acids is 1. The molecule has 0 fully saturated rings. The summed E-state index contributed by atoms with van der Waals surface area (Å²) in [6.07, 6.45) is 2.37. The molecule has 0 amide bonds. The Morgan fingerprint density at radius 3 is 2.45 bits per heavy atom. The first-order valence-corrected chi connectivity index (χ1v) is 11.2. The average Bonchev–Trinajstić information content (AvgIpc) is 3.28. The van der Waals surface area contributed by atoms with Gasteiger partial charge < -0.3 is 28.6 Å². The molecule has 180 valence electrons. The van der Waals surface area contributed by atoms with Gasteiger partial charge in [-0.05, 0) is 62.2 Å². The smallest absolute Gasteiger partial charge is 0.231 e. The van der Waals surface area contributed by atoms with Gasteiger partial charge in [0.25, 0.3) is 0 Å². The van der Waals surface area contributed by atoms with Crippen molar-refractivity contribution in [3.63, 3.8) is 0 Å². The van der Waals surface area contributed by atoms with E-state index in [0.29, 0.717) is 48.0 Å². The van der Waals surface area contributed by atoms with Crippen molar-refractivity contribution in [2.24, 2.45) is 0 Å². The van der Waals surface area contributed by atoms with Gasteiger partial charge in [-0.3, -0.25) is 4.79 Å². The first-order chi connectivity index (χ1) is 15.9. The van der Waals surface area contributed by atoms with Crippen LogP contribution in [0.4, 0.5) is 0 Å². The fourth-order valence-electron chi connectivity index (χ4n) is 4.24. The van der Waals surface area contributed by atoms with E-state index in [9.17, 15) is 4.79 Å². The molecule has 2 aromatic carbocycles. The Morgan fingerprint density at radius 1 is 1.03 bits per heavy atom. The van der Waals surface area contributed by atoms with Crippen molar-refractivity contribution in [1.82, 2.24) is 4.90 Å². The number of ketones is 1. The van der Waals surface area contributed by atoms with Crippen molar-refractivity contribution in [1.29, 1.82) is 0 Å². The van der Waals surface area contributed by atoms with E-state index in [4.69, 9.17) is 23.7 Å². The Labute approximate surface area is 196 Å². The zero-order valence-electron chi connectivity index (χ0n) is 20.5. The van der Waals surface area contributed by atoms with Crippen LogP contribution in [-0.4, -0.2) is 59.4 Å². The fraction of sp³-hybridized carbons (Fsp3) is 0.500. The van der Waals surface area contributed by atoms with Crippen LogP contribution in [0.15, 0.2) is 24.3 Å². The summed E-state index contributed by atoms with van der Waals surface area (Å²) in [4.78, 5) is 15.1. The van der Waals surface area contributed by atoms with Crippen molar-refractivity contribution in [2.45, 2.75) is 38.5 Å². The van der Waals surface area contributed by atoms with Crippen molar-refractivity contribution < 1.29 is 28.5 Å². The summed E-state index contributed by atoms with van der Waals surface area (Å²) in [5, 5.41) is 0. The van der Waals surface area contributed by atoms with E-state index in [-0.39, 0.29) is 18.5 Å². The third kappa shape index (κ3) is 5.90. The lowest BCUT2D eigenvalue weighted by Crippen LogP contribution is -2.17. The van der Waals surface area contributed by atoms with E-state index in [1.54, 1.807) is 21.3 Å². The molecule has 0 N–H and O–H groups in total. The van der Waals surface area contributed by atoms with E-state index in [1.807, 2.05) is 38.4 Å². The summed E-state index contributed by atoms with van der Waals surface area (Å²) in [6, 6.07) is 7.80. The lowest BCUT2D eigenvalue weighted by atomic mass is 9.87. The van der Waals surface area contributed by atoms with Gasteiger partial charge in [-0.2, -0.15) is 0 Å². The van der Waals surface area contributed by atoms with Gasteiger partial charge in [-0.25, -0.2) is 0 Å². The molecule has 2 aromatic rings. The lowest BCUT2D eigenvalue weighted by Gasteiger charge is -2.22. The molecule has 7 nitrogen and oxygen atoms in total. The highest BCUT2D eigenvalue weighted by molar-refractivity contribution is 5.80. The molecule has 7 heteroatoms. The van der Waals surface area contributed by atoms with Crippen LogP contribution in [0.2, 0.25) is 0 Å². The van der Waals surface area contributed by atoms with Crippen LogP contribution in [0.1, 0.15) is 42.4 Å². The number of rotatable bonds is 12. The number of carbonyl (C=O) groups is 1. The number of aryl methyl sites for hydroxylation is 1.